The van der Waals surface area contributed by atoms with Crippen molar-refractivity contribution in [3.63, 3.8) is 0 Å². The van der Waals surface area contributed by atoms with Gasteiger partial charge in [-0.2, -0.15) is 11.3 Å². The third-order valence-electron chi connectivity index (χ3n) is 1.65. The van der Waals surface area contributed by atoms with Crippen molar-refractivity contribution < 1.29 is 0 Å². The molecule has 1 rings (SSSR count). The Kier molecular flexibility index (Phi) is 5.41. The molecule has 1 aromatic rings. The van der Waals surface area contributed by atoms with Crippen LogP contribution in [0.1, 0.15) is 18.4 Å². The molecule has 0 saturated carbocycles. The Morgan fingerprint density at radius 3 is 3.00 bits per heavy atom. The molecule has 0 saturated heterocycles. The lowest BCUT2D eigenvalue weighted by molar-refractivity contribution is 0.644. The molecule has 1 N–H and O–H groups in total. The van der Waals surface area contributed by atoms with E-state index in [1.54, 1.807) is 11.3 Å². The molecule has 0 aliphatic rings. The Morgan fingerprint density at radius 2 is 2.33 bits per heavy atom. The summed E-state index contributed by atoms with van der Waals surface area (Å²) in [5, 5.41) is 7.65. The minimum absolute atomic E-state index is 0.778. The molecule has 0 amide bonds. The van der Waals surface area contributed by atoms with Gasteiger partial charge in [-0.3, -0.25) is 0 Å². The van der Waals surface area contributed by atoms with Gasteiger partial charge in [0.1, 0.15) is 0 Å². The van der Waals surface area contributed by atoms with Gasteiger partial charge in [0, 0.05) is 12.4 Å². The van der Waals surface area contributed by atoms with E-state index in [2.05, 4.69) is 22.1 Å². The second-order valence-corrected chi connectivity index (χ2v) is 3.86. The molecule has 0 radical (unpaired) electrons. The first kappa shape index (κ1) is 10.0. The van der Waals surface area contributed by atoms with Crippen LogP contribution >= 0.6 is 22.9 Å². The second kappa shape index (κ2) is 6.46. The number of unbranched alkanes of at least 4 members (excludes halogenated alkanes) is 1. The molecule has 1 nitrogen and oxygen atoms in total. The van der Waals surface area contributed by atoms with Gasteiger partial charge in [-0.1, -0.05) is 0 Å². The van der Waals surface area contributed by atoms with Gasteiger partial charge in [-0.25, -0.2) is 0 Å². The molecule has 0 bridgehead atoms. The van der Waals surface area contributed by atoms with E-state index in [4.69, 9.17) is 11.6 Å². The summed E-state index contributed by atoms with van der Waals surface area (Å²) < 4.78 is 0. The van der Waals surface area contributed by atoms with Crippen LogP contribution in [0.3, 0.4) is 0 Å². The summed E-state index contributed by atoms with van der Waals surface area (Å²) in [6.07, 6.45) is 2.28. The maximum absolute atomic E-state index is 5.55. The van der Waals surface area contributed by atoms with E-state index in [9.17, 15) is 0 Å². The van der Waals surface area contributed by atoms with Crippen LogP contribution in [0.4, 0.5) is 0 Å². The number of nitrogens with one attached hydrogen (secondary N) is 1. The van der Waals surface area contributed by atoms with Crippen LogP contribution in [0.2, 0.25) is 0 Å². The summed E-state index contributed by atoms with van der Waals surface area (Å²) in [6, 6.07) is 2.15. The Labute approximate surface area is 82.7 Å². The summed E-state index contributed by atoms with van der Waals surface area (Å²) in [4.78, 5) is 0. The van der Waals surface area contributed by atoms with Gasteiger partial charge >= 0.3 is 0 Å². The second-order valence-electron chi connectivity index (χ2n) is 2.70. The molecule has 0 aliphatic carbocycles. The zero-order chi connectivity index (χ0) is 8.65. The first-order valence-electron chi connectivity index (χ1n) is 4.21. The van der Waals surface area contributed by atoms with Gasteiger partial charge in [-0.05, 0) is 41.8 Å². The zero-order valence-electron chi connectivity index (χ0n) is 7.05. The van der Waals surface area contributed by atoms with Crippen LogP contribution in [-0.4, -0.2) is 12.4 Å². The van der Waals surface area contributed by atoms with Gasteiger partial charge < -0.3 is 5.32 Å². The molecule has 0 unspecified atom stereocenters. The number of hydrogen-bond acceptors (Lipinski definition) is 2. The Balaban J connectivity index is 1.96. The fourth-order valence-corrected chi connectivity index (χ4v) is 1.83. The van der Waals surface area contributed by atoms with E-state index in [0.717, 1.165) is 25.4 Å². The van der Waals surface area contributed by atoms with Crippen LogP contribution < -0.4 is 5.32 Å². The molecule has 3 heteroatoms. The van der Waals surface area contributed by atoms with Crippen molar-refractivity contribution in [2.24, 2.45) is 0 Å². The molecular weight excluding hydrogens is 190 g/mol. The third kappa shape index (κ3) is 4.10. The highest BCUT2D eigenvalue weighted by atomic mass is 35.5. The molecule has 68 valence electrons. The van der Waals surface area contributed by atoms with E-state index in [1.165, 1.54) is 12.0 Å². The van der Waals surface area contributed by atoms with Gasteiger partial charge in [-0.15, -0.1) is 11.6 Å². The van der Waals surface area contributed by atoms with E-state index < -0.39 is 0 Å². The average molecular weight is 204 g/mol. The molecule has 12 heavy (non-hydrogen) atoms. The molecule has 0 fully saturated rings. The van der Waals surface area contributed by atoms with Crippen LogP contribution in [-0.2, 0) is 6.54 Å². The first-order chi connectivity index (χ1) is 5.93. The molecule has 0 spiro atoms. The number of alkyl halides is 1. The molecule has 1 heterocycles. The monoisotopic (exact) mass is 203 g/mol. The smallest absolute Gasteiger partial charge is 0.0223 e. The SMILES string of the molecule is ClCCCCNCc1ccsc1. The highest BCUT2D eigenvalue weighted by Crippen LogP contribution is 2.04. The predicted octanol–water partition coefficient (Wildman–Crippen LogP) is 2.86. The van der Waals surface area contributed by atoms with Crippen molar-refractivity contribution in [1.29, 1.82) is 0 Å². The molecule has 1 aromatic heterocycles. The Morgan fingerprint density at radius 1 is 1.42 bits per heavy atom. The summed E-state index contributed by atoms with van der Waals surface area (Å²) in [7, 11) is 0. The highest BCUT2D eigenvalue weighted by molar-refractivity contribution is 7.07. The van der Waals surface area contributed by atoms with Crippen molar-refractivity contribution in [2.75, 3.05) is 12.4 Å². The van der Waals surface area contributed by atoms with Crippen molar-refractivity contribution in [3.8, 4) is 0 Å². The van der Waals surface area contributed by atoms with Crippen molar-refractivity contribution in [2.45, 2.75) is 19.4 Å². The molecule has 0 aromatic carbocycles. The van der Waals surface area contributed by atoms with E-state index in [-0.39, 0.29) is 0 Å². The summed E-state index contributed by atoms with van der Waals surface area (Å²) >= 11 is 7.30. The van der Waals surface area contributed by atoms with Gasteiger partial charge in [0.25, 0.3) is 0 Å². The fraction of sp³-hybridized carbons (Fsp3) is 0.556. The van der Waals surface area contributed by atoms with E-state index >= 15 is 0 Å². The van der Waals surface area contributed by atoms with E-state index in [1.807, 2.05) is 0 Å². The quantitative estimate of drug-likeness (QED) is 0.554. The Hall–Kier alpha value is -0.0500. The lowest BCUT2D eigenvalue weighted by Crippen LogP contribution is -2.14. The topological polar surface area (TPSA) is 12.0 Å². The van der Waals surface area contributed by atoms with Gasteiger partial charge in [0.2, 0.25) is 0 Å². The summed E-state index contributed by atoms with van der Waals surface area (Å²) in [5.74, 6) is 0.778. The minimum Gasteiger partial charge on any atom is -0.313 e. The molecular formula is C9H14ClNS. The average Bonchev–Trinajstić information content (AvgIpc) is 2.57. The first-order valence-corrected chi connectivity index (χ1v) is 5.69. The largest absolute Gasteiger partial charge is 0.313 e. The molecule has 0 atom stereocenters. The standard InChI is InChI=1S/C9H14ClNS/c10-4-1-2-5-11-7-9-3-6-12-8-9/h3,6,8,11H,1-2,4-5,7H2. The maximum Gasteiger partial charge on any atom is 0.0223 e. The normalized spacial score (nSPS) is 10.4. The minimum atomic E-state index is 0.778. The fourth-order valence-electron chi connectivity index (χ4n) is 0.970. The highest BCUT2D eigenvalue weighted by Gasteiger charge is 1.91. The van der Waals surface area contributed by atoms with Gasteiger partial charge in [0.05, 0.1) is 0 Å². The van der Waals surface area contributed by atoms with Crippen LogP contribution in [0.5, 0.6) is 0 Å². The van der Waals surface area contributed by atoms with Crippen molar-refractivity contribution >= 4 is 22.9 Å². The summed E-state index contributed by atoms with van der Waals surface area (Å²) in [5.41, 5.74) is 1.38. The van der Waals surface area contributed by atoms with Crippen LogP contribution in [0.25, 0.3) is 0 Å². The lowest BCUT2D eigenvalue weighted by Gasteiger charge is -2.00. The van der Waals surface area contributed by atoms with Gasteiger partial charge in [0.15, 0.2) is 0 Å². The van der Waals surface area contributed by atoms with Crippen LogP contribution in [0.15, 0.2) is 16.8 Å². The molecule has 0 aliphatic heterocycles. The van der Waals surface area contributed by atoms with Crippen LogP contribution in [0, 0.1) is 0 Å². The van der Waals surface area contributed by atoms with E-state index in [0.29, 0.717) is 0 Å². The number of rotatable bonds is 6. The van der Waals surface area contributed by atoms with Crippen molar-refractivity contribution in [3.05, 3.63) is 22.4 Å². The number of halogens is 1. The summed E-state index contributed by atoms with van der Waals surface area (Å²) in [6.45, 7) is 2.06. The van der Waals surface area contributed by atoms with Crippen molar-refractivity contribution in [1.82, 2.24) is 5.32 Å². The number of thiophene rings is 1. The lowest BCUT2D eigenvalue weighted by atomic mass is 10.3. The predicted molar refractivity (Wildman–Crippen MR) is 56.0 cm³/mol. The third-order valence-corrected chi connectivity index (χ3v) is 2.65. The maximum atomic E-state index is 5.55. The zero-order valence-corrected chi connectivity index (χ0v) is 8.63. The number of hydrogen-bond donors (Lipinski definition) is 1. The Bertz CT molecular complexity index is 186.